The average molecular weight is 434 g/mol. The third kappa shape index (κ3) is 5.57. The fourth-order valence-electron chi connectivity index (χ4n) is 3.85. The molecule has 33 heavy (non-hydrogen) atoms. The lowest BCUT2D eigenvalue weighted by Crippen LogP contribution is -2.44. The van der Waals surface area contributed by atoms with E-state index < -0.39 is 0 Å². The maximum absolute atomic E-state index is 6.01. The molecule has 0 saturated carbocycles. The molecule has 0 amide bonds. The van der Waals surface area contributed by atoms with Crippen LogP contribution in [0.5, 0.6) is 11.5 Å². The molecule has 0 unspecified atom stereocenters. The first-order valence-corrected chi connectivity index (χ1v) is 11.2. The van der Waals surface area contributed by atoms with Gasteiger partial charge in [0.1, 0.15) is 11.5 Å². The summed E-state index contributed by atoms with van der Waals surface area (Å²) in [6, 6.07) is 33.2. The van der Waals surface area contributed by atoms with Crippen molar-refractivity contribution in [1.82, 2.24) is 0 Å². The smallest absolute Gasteiger partial charge is 0.361 e. The minimum absolute atomic E-state index is 0.0651. The highest BCUT2D eigenvalue weighted by Gasteiger charge is 2.20. The molecule has 5 heteroatoms. The maximum atomic E-state index is 6.01. The van der Waals surface area contributed by atoms with Crippen molar-refractivity contribution < 1.29 is 14.0 Å². The first kappa shape index (κ1) is 22.9. The zero-order chi connectivity index (χ0) is 23.2. The Balaban J connectivity index is 1.46. The van der Waals surface area contributed by atoms with E-state index in [0.29, 0.717) is 0 Å². The Morgan fingerprint density at radius 1 is 0.515 bits per heavy atom. The van der Waals surface area contributed by atoms with E-state index in [-0.39, 0.29) is 13.8 Å². The van der Waals surface area contributed by atoms with Crippen LogP contribution in [0.1, 0.15) is 5.56 Å². The van der Waals surface area contributed by atoms with Crippen LogP contribution in [0.15, 0.2) is 97.1 Å². The van der Waals surface area contributed by atoms with Crippen molar-refractivity contribution in [2.24, 2.45) is 0 Å². The first-order chi connectivity index (χ1) is 16.1. The normalized spacial score (nSPS) is 10.7. The van der Waals surface area contributed by atoms with Crippen LogP contribution in [0, 0.1) is 6.92 Å². The third-order valence-electron chi connectivity index (χ3n) is 5.96. The van der Waals surface area contributed by atoms with Crippen LogP contribution in [0.2, 0.25) is 6.82 Å². The fourth-order valence-corrected chi connectivity index (χ4v) is 3.85. The largest absolute Gasteiger partial charge is 0.457 e. The minimum Gasteiger partial charge on any atom is -0.457 e. The van der Waals surface area contributed by atoms with Crippen molar-refractivity contribution >= 4 is 30.2 Å². The summed E-state index contributed by atoms with van der Waals surface area (Å²) in [5.41, 5.74) is 6.99. The predicted molar refractivity (Wildman–Crippen MR) is 140 cm³/mol. The van der Waals surface area contributed by atoms with Gasteiger partial charge in [0.25, 0.3) is 0 Å². The Hall–Kier alpha value is -3.27. The van der Waals surface area contributed by atoms with E-state index in [1.807, 2.05) is 43.2 Å². The van der Waals surface area contributed by atoms with Crippen LogP contribution < -0.4 is 21.1 Å². The Morgan fingerprint density at radius 2 is 0.939 bits per heavy atom. The minimum atomic E-state index is -0.138. The Labute approximate surface area is 197 Å². The summed E-state index contributed by atoms with van der Waals surface area (Å²) in [6.45, 7) is 4.05. The summed E-state index contributed by atoms with van der Waals surface area (Å²) >= 11 is 0. The molecule has 0 aromatic heterocycles. The number of ether oxygens (including phenoxy) is 1. The quantitative estimate of drug-likeness (QED) is 0.377. The molecule has 0 saturated heterocycles. The molecular formula is C28H28B2O3. The van der Waals surface area contributed by atoms with Gasteiger partial charge in [0.2, 0.25) is 0 Å². The van der Waals surface area contributed by atoms with E-state index in [9.17, 15) is 0 Å². The Kier molecular flexibility index (Phi) is 7.33. The molecule has 0 fully saturated rings. The molecular weight excluding hydrogens is 406 g/mol. The van der Waals surface area contributed by atoms with Crippen LogP contribution in [-0.2, 0) is 9.31 Å². The molecule has 0 aliphatic carbocycles. The van der Waals surface area contributed by atoms with Crippen LogP contribution >= 0.6 is 0 Å². The highest BCUT2D eigenvalue weighted by molar-refractivity contribution is 6.80. The first-order valence-electron chi connectivity index (χ1n) is 11.2. The zero-order valence-electron chi connectivity index (χ0n) is 19.6. The lowest BCUT2D eigenvalue weighted by molar-refractivity contribution is 0.434. The predicted octanol–water partition coefficient (Wildman–Crippen LogP) is 4.68. The fraction of sp³-hybridized carbons (Fsp3) is 0.143. The van der Waals surface area contributed by atoms with E-state index in [4.69, 9.17) is 14.0 Å². The van der Waals surface area contributed by atoms with Crippen LogP contribution in [0.3, 0.4) is 0 Å². The standard InChI is InChI=1S/C28H28B2O3/c1-21-5-7-22(8-6-21)23-9-11-25(12-10-23)30(32-4)26-15-19-28(20-16-26)33-27-17-13-24(14-18-27)29(2)31-3/h5-20H,1-4H3. The summed E-state index contributed by atoms with van der Waals surface area (Å²) in [7, 11) is 3.45. The molecule has 0 heterocycles. The van der Waals surface area contributed by atoms with E-state index >= 15 is 0 Å². The summed E-state index contributed by atoms with van der Waals surface area (Å²) in [4.78, 5) is 0. The van der Waals surface area contributed by atoms with Gasteiger partial charge in [-0.05, 0) is 58.7 Å². The highest BCUT2D eigenvalue weighted by Crippen LogP contribution is 2.20. The molecule has 0 spiro atoms. The monoisotopic (exact) mass is 434 g/mol. The van der Waals surface area contributed by atoms with Crippen LogP contribution in [0.25, 0.3) is 11.1 Å². The lowest BCUT2D eigenvalue weighted by atomic mass is 9.55. The van der Waals surface area contributed by atoms with Gasteiger partial charge in [-0.2, -0.15) is 0 Å². The molecule has 164 valence electrons. The van der Waals surface area contributed by atoms with Gasteiger partial charge in [-0.25, -0.2) is 0 Å². The van der Waals surface area contributed by atoms with Crippen LogP contribution in [-0.4, -0.2) is 28.1 Å². The van der Waals surface area contributed by atoms with Gasteiger partial charge >= 0.3 is 13.8 Å². The molecule has 0 atom stereocenters. The summed E-state index contributed by atoms with van der Waals surface area (Å²) in [5.74, 6) is 1.58. The second-order valence-electron chi connectivity index (χ2n) is 8.22. The van der Waals surface area contributed by atoms with Gasteiger partial charge in [0.05, 0.1) is 0 Å². The average Bonchev–Trinajstić information content (AvgIpc) is 2.86. The van der Waals surface area contributed by atoms with Crippen molar-refractivity contribution in [2.75, 3.05) is 14.2 Å². The van der Waals surface area contributed by atoms with E-state index in [2.05, 4.69) is 67.6 Å². The lowest BCUT2D eigenvalue weighted by Gasteiger charge is -2.14. The number of hydrogen-bond acceptors (Lipinski definition) is 3. The van der Waals surface area contributed by atoms with E-state index in [0.717, 1.165) is 27.9 Å². The van der Waals surface area contributed by atoms with Gasteiger partial charge in [0, 0.05) is 14.2 Å². The van der Waals surface area contributed by atoms with Gasteiger partial charge in [-0.1, -0.05) is 85.2 Å². The third-order valence-corrected chi connectivity index (χ3v) is 5.96. The van der Waals surface area contributed by atoms with Crippen molar-refractivity contribution in [3.05, 3.63) is 103 Å². The summed E-state index contributed by atoms with van der Waals surface area (Å²) in [6.07, 6.45) is 0. The highest BCUT2D eigenvalue weighted by atomic mass is 16.5. The Bertz CT molecular complexity index is 1160. The van der Waals surface area contributed by atoms with Crippen molar-refractivity contribution in [3.8, 4) is 22.6 Å². The van der Waals surface area contributed by atoms with Crippen LogP contribution in [0.4, 0.5) is 0 Å². The topological polar surface area (TPSA) is 27.7 Å². The Morgan fingerprint density at radius 3 is 1.39 bits per heavy atom. The van der Waals surface area contributed by atoms with E-state index in [1.54, 1.807) is 14.2 Å². The summed E-state index contributed by atoms with van der Waals surface area (Å²) < 4.78 is 17.2. The number of benzene rings is 4. The van der Waals surface area contributed by atoms with Gasteiger partial charge in [-0.15, -0.1) is 0 Å². The molecule has 0 aliphatic rings. The number of hydrogen-bond donors (Lipinski definition) is 0. The molecule has 4 rings (SSSR count). The van der Waals surface area contributed by atoms with Crippen molar-refractivity contribution in [3.63, 3.8) is 0 Å². The van der Waals surface area contributed by atoms with E-state index in [1.165, 1.54) is 16.7 Å². The second-order valence-corrected chi connectivity index (χ2v) is 8.22. The van der Waals surface area contributed by atoms with Gasteiger partial charge < -0.3 is 14.0 Å². The maximum Gasteiger partial charge on any atom is 0.361 e. The molecule has 0 aliphatic heterocycles. The molecule has 0 bridgehead atoms. The number of rotatable bonds is 8. The molecule has 3 nitrogen and oxygen atoms in total. The molecule has 4 aromatic rings. The SMILES string of the molecule is COB(C)c1ccc(Oc2ccc(B(OC)c3ccc(-c4ccc(C)cc4)cc3)cc2)cc1. The zero-order valence-corrected chi connectivity index (χ0v) is 19.6. The molecule has 0 radical (unpaired) electrons. The second kappa shape index (κ2) is 10.6. The van der Waals surface area contributed by atoms with Gasteiger partial charge in [0.15, 0.2) is 0 Å². The molecule has 4 aromatic carbocycles. The van der Waals surface area contributed by atoms with Crippen molar-refractivity contribution in [1.29, 1.82) is 0 Å². The summed E-state index contributed by atoms with van der Waals surface area (Å²) in [5, 5.41) is 0. The number of aryl methyl sites for hydroxylation is 1. The molecule has 0 N–H and O–H groups in total. The van der Waals surface area contributed by atoms with Gasteiger partial charge in [-0.3, -0.25) is 0 Å². The van der Waals surface area contributed by atoms with Crippen molar-refractivity contribution in [2.45, 2.75) is 13.7 Å².